The number of anilines is 2. The van der Waals surface area contributed by atoms with Crippen LogP contribution in [-0.4, -0.2) is 35.5 Å². The Bertz CT molecular complexity index is 1070. The molecule has 0 aliphatic heterocycles. The lowest BCUT2D eigenvalue weighted by Crippen LogP contribution is -2.32. The molecule has 3 aromatic rings. The average Bonchev–Trinajstić information content (AvgIpc) is 3.23. The Kier molecular flexibility index (Phi) is 8.01. The summed E-state index contributed by atoms with van der Waals surface area (Å²) < 4.78 is 10.8. The van der Waals surface area contributed by atoms with Gasteiger partial charge >= 0.3 is 6.09 Å². The number of rotatable bonds is 9. The number of hydrogen-bond acceptors (Lipinski definition) is 5. The number of benzene rings is 2. The number of aromatic nitrogens is 1. The van der Waals surface area contributed by atoms with Gasteiger partial charge in [0.1, 0.15) is 17.2 Å². The number of nitrogens with one attached hydrogen (secondary N) is 3. The average molecular weight is 452 g/mol. The summed E-state index contributed by atoms with van der Waals surface area (Å²) in [6.07, 6.45) is 1.09. The fraction of sp³-hybridized carbons (Fsp3) is 0.346. The Morgan fingerprint density at radius 2 is 1.88 bits per heavy atom. The first-order chi connectivity index (χ1) is 15.8. The molecule has 0 spiro atoms. The van der Waals surface area contributed by atoms with Gasteiger partial charge in [0.25, 0.3) is 0 Å². The topological polar surface area (TPSA) is 95.6 Å². The third-order valence-corrected chi connectivity index (χ3v) is 4.91. The summed E-state index contributed by atoms with van der Waals surface area (Å²) in [4.78, 5) is 15.3. The van der Waals surface area contributed by atoms with Gasteiger partial charge in [-0.15, -0.1) is 0 Å². The molecule has 0 fully saturated rings. The van der Waals surface area contributed by atoms with Crippen LogP contribution in [0.25, 0.3) is 11.3 Å². The molecular formula is C26H33N3O4. The molecule has 1 amide bonds. The van der Waals surface area contributed by atoms with E-state index < -0.39 is 11.7 Å². The number of H-pyrrole nitrogens is 1. The minimum atomic E-state index is -0.528. The number of hydrogen-bond donors (Lipinski definition) is 4. The van der Waals surface area contributed by atoms with E-state index in [4.69, 9.17) is 14.6 Å². The minimum Gasteiger partial charge on any atom is -0.496 e. The highest BCUT2D eigenvalue weighted by Crippen LogP contribution is 2.32. The van der Waals surface area contributed by atoms with Crippen LogP contribution < -0.4 is 15.4 Å². The molecular weight excluding hydrogens is 418 g/mol. The van der Waals surface area contributed by atoms with E-state index in [1.807, 2.05) is 69.3 Å². The molecule has 0 saturated heterocycles. The molecule has 1 heterocycles. The predicted octanol–water partition coefficient (Wildman–Crippen LogP) is 5.38. The van der Waals surface area contributed by atoms with Crippen LogP contribution in [0.4, 0.5) is 16.3 Å². The van der Waals surface area contributed by atoms with E-state index in [1.165, 1.54) is 0 Å². The molecule has 2 aromatic carbocycles. The van der Waals surface area contributed by atoms with E-state index in [0.717, 1.165) is 52.5 Å². The van der Waals surface area contributed by atoms with Crippen molar-refractivity contribution in [2.45, 2.75) is 45.8 Å². The Hall–Kier alpha value is -3.45. The summed E-state index contributed by atoms with van der Waals surface area (Å²) in [6.45, 7) is 6.05. The maximum absolute atomic E-state index is 11.9. The molecule has 0 aliphatic rings. The largest absolute Gasteiger partial charge is 0.496 e. The van der Waals surface area contributed by atoms with Crippen molar-refractivity contribution in [3.63, 3.8) is 0 Å². The van der Waals surface area contributed by atoms with Crippen molar-refractivity contribution in [2.75, 3.05) is 19.0 Å². The Morgan fingerprint density at radius 1 is 1.06 bits per heavy atom. The van der Waals surface area contributed by atoms with E-state index in [0.29, 0.717) is 6.54 Å². The number of aliphatic hydroxyl groups excluding tert-OH is 1. The standard InChI is InChI=1S/C26H33N3O4/c1-26(2,3)33-25(31)27-17-19-7-5-9-20(15-19)28-24-13-11-22(29-24)21-16-18(8-6-14-30)10-12-23(21)32-4/h5,7,9-13,15-16,28-30H,6,8,14,17H2,1-4H3,(H,27,31). The van der Waals surface area contributed by atoms with Gasteiger partial charge in [-0.25, -0.2) is 4.79 Å². The van der Waals surface area contributed by atoms with Gasteiger partial charge in [-0.1, -0.05) is 18.2 Å². The van der Waals surface area contributed by atoms with Crippen LogP contribution in [0.5, 0.6) is 5.75 Å². The number of carbonyl (C=O) groups is 1. The van der Waals surface area contributed by atoms with E-state index in [-0.39, 0.29) is 6.61 Å². The van der Waals surface area contributed by atoms with E-state index in [2.05, 4.69) is 21.7 Å². The first-order valence-corrected chi connectivity index (χ1v) is 11.1. The maximum Gasteiger partial charge on any atom is 0.407 e. The summed E-state index contributed by atoms with van der Waals surface area (Å²) >= 11 is 0. The summed E-state index contributed by atoms with van der Waals surface area (Å²) in [5, 5.41) is 15.3. The van der Waals surface area contributed by atoms with E-state index >= 15 is 0 Å². The van der Waals surface area contributed by atoms with Gasteiger partial charge in [0.2, 0.25) is 0 Å². The van der Waals surface area contributed by atoms with Crippen LogP contribution in [0, 0.1) is 0 Å². The molecule has 0 atom stereocenters. The number of aryl methyl sites for hydroxylation is 1. The number of ether oxygens (including phenoxy) is 2. The SMILES string of the molecule is COc1ccc(CCCO)cc1-c1ccc(Nc2cccc(CNC(=O)OC(C)(C)C)c2)[nH]1. The maximum atomic E-state index is 11.9. The second-order valence-electron chi connectivity index (χ2n) is 8.83. The molecule has 7 nitrogen and oxygen atoms in total. The second kappa shape index (κ2) is 10.9. The van der Waals surface area contributed by atoms with Gasteiger partial charge < -0.3 is 30.2 Å². The highest BCUT2D eigenvalue weighted by atomic mass is 16.6. The second-order valence-corrected chi connectivity index (χ2v) is 8.83. The third kappa shape index (κ3) is 7.29. The van der Waals surface area contributed by atoms with Gasteiger partial charge in [-0.3, -0.25) is 0 Å². The zero-order valence-corrected chi connectivity index (χ0v) is 19.7. The summed E-state index contributed by atoms with van der Waals surface area (Å²) in [5.41, 5.74) is 4.37. The number of methoxy groups -OCH3 is 1. The van der Waals surface area contributed by atoms with Crippen molar-refractivity contribution in [3.8, 4) is 17.0 Å². The predicted molar refractivity (Wildman–Crippen MR) is 131 cm³/mol. The Morgan fingerprint density at radius 3 is 2.61 bits per heavy atom. The number of aromatic amines is 1. The number of amides is 1. The normalized spacial score (nSPS) is 11.2. The van der Waals surface area contributed by atoms with Gasteiger partial charge in [0.05, 0.1) is 12.8 Å². The van der Waals surface area contributed by atoms with Crippen molar-refractivity contribution < 1.29 is 19.4 Å². The number of aliphatic hydroxyl groups is 1. The highest BCUT2D eigenvalue weighted by molar-refractivity contribution is 5.72. The third-order valence-electron chi connectivity index (χ3n) is 4.91. The number of alkyl carbamates (subject to hydrolysis) is 1. The van der Waals surface area contributed by atoms with Crippen molar-refractivity contribution >= 4 is 17.6 Å². The monoisotopic (exact) mass is 451 g/mol. The summed E-state index contributed by atoms with van der Waals surface area (Å²) in [5.74, 6) is 1.62. The number of carbonyl (C=O) groups excluding carboxylic acids is 1. The molecule has 33 heavy (non-hydrogen) atoms. The van der Waals surface area contributed by atoms with Gasteiger partial charge in [0.15, 0.2) is 0 Å². The molecule has 0 aliphatic carbocycles. The van der Waals surface area contributed by atoms with Crippen molar-refractivity contribution in [1.82, 2.24) is 10.3 Å². The molecule has 0 unspecified atom stereocenters. The van der Waals surface area contributed by atoms with E-state index in [9.17, 15) is 4.79 Å². The lowest BCUT2D eigenvalue weighted by atomic mass is 10.0. The molecule has 0 saturated carbocycles. The Balaban J connectivity index is 1.69. The molecule has 7 heteroatoms. The van der Waals surface area contributed by atoms with Crippen LogP contribution in [0.1, 0.15) is 38.3 Å². The summed E-state index contributed by atoms with van der Waals surface area (Å²) in [6, 6.07) is 17.9. The van der Waals surface area contributed by atoms with Crippen LogP contribution in [0.15, 0.2) is 54.6 Å². The summed E-state index contributed by atoms with van der Waals surface area (Å²) in [7, 11) is 1.66. The van der Waals surface area contributed by atoms with Gasteiger partial charge in [0, 0.05) is 24.4 Å². The van der Waals surface area contributed by atoms with Crippen LogP contribution >= 0.6 is 0 Å². The quantitative estimate of drug-likeness (QED) is 0.350. The molecule has 1 aromatic heterocycles. The van der Waals surface area contributed by atoms with Crippen LogP contribution in [0.3, 0.4) is 0 Å². The van der Waals surface area contributed by atoms with Crippen molar-refractivity contribution in [2.24, 2.45) is 0 Å². The lowest BCUT2D eigenvalue weighted by Gasteiger charge is -2.19. The van der Waals surface area contributed by atoms with Crippen molar-refractivity contribution in [1.29, 1.82) is 0 Å². The van der Waals surface area contributed by atoms with Crippen LogP contribution in [0.2, 0.25) is 0 Å². The smallest absolute Gasteiger partial charge is 0.407 e. The Labute approximate surface area is 195 Å². The molecule has 3 rings (SSSR count). The zero-order chi connectivity index (χ0) is 23.8. The van der Waals surface area contributed by atoms with Gasteiger partial charge in [-0.2, -0.15) is 0 Å². The first kappa shape index (κ1) is 24.2. The minimum absolute atomic E-state index is 0.171. The van der Waals surface area contributed by atoms with Gasteiger partial charge in [-0.05, 0) is 81.1 Å². The molecule has 176 valence electrons. The highest BCUT2D eigenvalue weighted by Gasteiger charge is 2.15. The molecule has 0 bridgehead atoms. The zero-order valence-electron chi connectivity index (χ0n) is 19.7. The van der Waals surface area contributed by atoms with Crippen molar-refractivity contribution in [3.05, 3.63) is 65.7 Å². The van der Waals surface area contributed by atoms with E-state index in [1.54, 1.807) is 7.11 Å². The lowest BCUT2D eigenvalue weighted by molar-refractivity contribution is 0.0523. The molecule has 4 N–H and O–H groups in total. The fourth-order valence-electron chi connectivity index (χ4n) is 3.43. The fourth-order valence-corrected chi connectivity index (χ4v) is 3.43. The first-order valence-electron chi connectivity index (χ1n) is 11.1. The molecule has 0 radical (unpaired) electrons. The van der Waals surface area contributed by atoms with Crippen LogP contribution in [-0.2, 0) is 17.7 Å².